The van der Waals surface area contributed by atoms with Crippen molar-refractivity contribution in [1.82, 2.24) is 9.88 Å². The lowest BCUT2D eigenvalue weighted by Gasteiger charge is -2.08. The molecule has 0 aliphatic carbocycles. The Morgan fingerprint density at radius 3 is 2.43 bits per heavy atom. The molecule has 2 nitrogen and oxygen atoms in total. The van der Waals surface area contributed by atoms with Gasteiger partial charge in [-0.2, -0.15) is 0 Å². The zero-order valence-electron chi connectivity index (χ0n) is 12.4. The van der Waals surface area contributed by atoms with Crippen LogP contribution in [0.5, 0.6) is 0 Å². The number of H-pyrrole nitrogens is 1. The summed E-state index contributed by atoms with van der Waals surface area (Å²) >= 11 is 5.96. The molecule has 0 saturated carbocycles. The molecule has 1 N–H and O–H groups in total. The molecule has 1 heterocycles. The Kier molecular flexibility index (Phi) is 4.00. The van der Waals surface area contributed by atoms with Gasteiger partial charge in [-0.25, -0.2) is 0 Å². The van der Waals surface area contributed by atoms with Crippen LogP contribution in [0.3, 0.4) is 0 Å². The number of likely N-dealkylation sites (N-methyl/N-ethyl adjacent to an activating group) is 1. The van der Waals surface area contributed by atoms with Crippen LogP contribution in [0.4, 0.5) is 0 Å². The molecule has 0 aliphatic heterocycles. The first-order valence-electron chi connectivity index (χ1n) is 7.14. The van der Waals surface area contributed by atoms with E-state index in [0.717, 1.165) is 18.0 Å². The molecular weight excluding hydrogens is 280 g/mol. The maximum absolute atomic E-state index is 5.96. The van der Waals surface area contributed by atoms with Crippen LogP contribution in [0.2, 0.25) is 5.02 Å². The third-order valence-electron chi connectivity index (χ3n) is 3.77. The fraction of sp³-hybridized carbons (Fsp3) is 0.222. The van der Waals surface area contributed by atoms with Crippen molar-refractivity contribution >= 4 is 22.5 Å². The number of nitrogens with one attached hydrogen (secondary N) is 1. The highest BCUT2D eigenvalue weighted by atomic mass is 35.5. The number of benzene rings is 2. The van der Waals surface area contributed by atoms with Gasteiger partial charge in [0, 0.05) is 28.7 Å². The van der Waals surface area contributed by atoms with E-state index in [1.54, 1.807) is 0 Å². The van der Waals surface area contributed by atoms with Crippen molar-refractivity contribution < 1.29 is 0 Å². The normalized spacial score (nSPS) is 11.4. The number of nitrogens with zero attached hydrogens (tertiary/aromatic N) is 1. The Morgan fingerprint density at radius 2 is 1.71 bits per heavy atom. The summed E-state index contributed by atoms with van der Waals surface area (Å²) in [6.45, 7) is 1.05. The van der Waals surface area contributed by atoms with E-state index in [1.165, 1.54) is 27.6 Å². The molecule has 0 fully saturated rings. The van der Waals surface area contributed by atoms with E-state index in [2.05, 4.69) is 60.5 Å². The maximum Gasteiger partial charge on any atom is 0.0457 e. The highest BCUT2D eigenvalue weighted by Crippen LogP contribution is 2.27. The Balaban J connectivity index is 1.98. The van der Waals surface area contributed by atoms with Crippen molar-refractivity contribution in [3.8, 4) is 11.1 Å². The number of halogens is 1. The first-order chi connectivity index (χ1) is 10.1. The van der Waals surface area contributed by atoms with E-state index in [1.807, 2.05) is 12.1 Å². The lowest BCUT2D eigenvalue weighted by Crippen LogP contribution is -2.14. The Bertz CT molecular complexity index is 742. The summed E-state index contributed by atoms with van der Waals surface area (Å²) in [6, 6.07) is 14.6. The van der Waals surface area contributed by atoms with Gasteiger partial charge >= 0.3 is 0 Å². The number of aromatic nitrogens is 1. The molecule has 0 aliphatic rings. The van der Waals surface area contributed by atoms with Gasteiger partial charge in [0.05, 0.1) is 0 Å². The van der Waals surface area contributed by atoms with Gasteiger partial charge < -0.3 is 9.88 Å². The third kappa shape index (κ3) is 3.12. The van der Waals surface area contributed by atoms with E-state index >= 15 is 0 Å². The summed E-state index contributed by atoms with van der Waals surface area (Å²) in [5.41, 5.74) is 4.99. The summed E-state index contributed by atoms with van der Waals surface area (Å²) < 4.78 is 0. The first-order valence-corrected chi connectivity index (χ1v) is 7.52. The predicted molar refractivity (Wildman–Crippen MR) is 91.0 cm³/mol. The second kappa shape index (κ2) is 5.92. The van der Waals surface area contributed by atoms with Crippen LogP contribution in [0.15, 0.2) is 48.7 Å². The number of hydrogen-bond acceptors (Lipinski definition) is 1. The van der Waals surface area contributed by atoms with Gasteiger partial charge in [0.15, 0.2) is 0 Å². The molecular formula is C18H19ClN2. The average molecular weight is 299 g/mol. The van der Waals surface area contributed by atoms with Crippen molar-refractivity contribution in [2.45, 2.75) is 6.42 Å². The van der Waals surface area contributed by atoms with Crippen LogP contribution in [-0.2, 0) is 6.42 Å². The molecule has 21 heavy (non-hydrogen) atoms. The van der Waals surface area contributed by atoms with Gasteiger partial charge in [0.25, 0.3) is 0 Å². The quantitative estimate of drug-likeness (QED) is 0.746. The molecule has 0 radical (unpaired) electrons. The number of fused-ring (bicyclic) bond motifs is 1. The molecule has 0 amide bonds. The summed E-state index contributed by atoms with van der Waals surface area (Å²) in [6.07, 6.45) is 3.18. The zero-order valence-corrected chi connectivity index (χ0v) is 13.1. The maximum atomic E-state index is 5.96. The number of aromatic amines is 1. The van der Waals surface area contributed by atoms with Crippen LogP contribution in [0.25, 0.3) is 22.0 Å². The second-order valence-electron chi connectivity index (χ2n) is 5.63. The van der Waals surface area contributed by atoms with Crippen LogP contribution in [-0.4, -0.2) is 30.5 Å². The highest BCUT2D eigenvalue weighted by Gasteiger charge is 2.06. The SMILES string of the molecule is CN(C)CCc1c[nH]c2ccc(-c3ccc(Cl)cc3)cc12. The lowest BCUT2D eigenvalue weighted by atomic mass is 10.0. The molecule has 3 heteroatoms. The molecule has 2 aromatic carbocycles. The van der Waals surface area contributed by atoms with Crippen molar-refractivity contribution in [2.75, 3.05) is 20.6 Å². The largest absolute Gasteiger partial charge is 0.361 e. The van der Waals surface area contributed by atoms with Gasteiger partial charge in [0.2, 0.25) is 0 Å². The first kappa shape index (κ1) is 14.2. The minimum absolute atomic E-state index is 0.771. The number of rotatable bonds is 4. The topological polar surface area (TPSA) is 19.0 Å². The van der Waals surface area contributed by atoms with Crippen molar-refractivity contribution in [3.63, 3.8) is 0 Å². The summed E-state index contributed by atoms with van der Waals surface area (Å²) in [5, 5.41) is 2.08. The van der Waals surface area contributed by atoms with E-state index in [9.17, 15) is 0 Å². The van der Waals surface area contributed by atoms with Gasteiger partial charge in [-0.15, -0.1) is 0 Å². The standard InChI is InChI=1S/C18H19ClN2/c1-21(2)10-9-15-12-20-18-8-5-14(11-17(15)18)13-3-6-16(19)7-4-13/h3-8,11-12,20H,9-10H2,1-2H3. The number of hydrogen-bond donors (Lipinski definition) is 1. The van der Waals surface area contributed by atoms with Gasteiger partial charge in [-0.1, -0.05) is 29.8 Å². The minimum atomic E-state index is 0.771. The third-order valence-corrected chi connectivity index (χ3v) is 4.03. The molecule has 0 unspecified atom stereocenters. The van der Waals surface area contributed by atoms with Gasteiger partial charge in [-0.05, 0) is 61.5 Å². The van der Waals surface area contributed by atoms with Crippen LogP contribution >= 0.6 is 11.6 Å². The van der Waals surface area contributed by atoms with Crippen molar-refractivity contribution in [1.29, 1.82) is 0 Å². The fourth-order valence-corrected chi connectivity index (χ4v) is 2.68. The summed E-state index contributed by atoms with van der Waals surface area (Å²) in [5.74, 6) is 0. The van der Waals surface area contributed by atoms with Gasteiger partial charge in [-0.3, -0.25) is 0 Å². The van der Waals surface area contributed by atoms with Gasteiger partial charge in [0.1, 0.15) is 0 Å². The summed E-state index contributed by atoms with van der Waals surface area (Å²) in [4.78, 5) is 5.57. The molecule has 0 saturated heterocycles. The molecule has 0 bridgehead atoms. The minimum Gasteiger partial charge on any atom is -0.361 e. The second-order valence-corrected chi connectivity index (χ2v) is 6.07. The van der Waals surface area contributed by atoms with E-state index in [-0.39, 0.29) is 0 Å². The zero-order chi connectivity index (χ0) is 14.8. The smallest absolute Gasteiger partial charge is 0.0457 e. The molecule has 3 rings (SSSR count). The van der Waals surface area contributed by atoms with Crippen LogP contribution < -0.4 is 0 Å². The van der Waals surface area contributed by atoms with Crippen LogP contribution in [0, 0.1) is 0 Å². The highest BCUT2D eigenvalue weighted by molar-refractivity contribution is 6.30. The van der Waals surface area contributed by atoms with E-state index in [0.29, 0.717) is 0 Å². The Morgan fingerprint density at radius 1 is 1.00 bits per heavy atom. The fourth-order valence-electron chi connectivity index (χ4n) is 2.55. The average Bonchev–Trinajstić information content (AvgIpc) is 2.88. The molecule has 0 spiro atoms. The molecule has 108 valence electrons. The van der Waals surface area contributed by atoms with Crippen LogP contribution in [0.1, 0.15) is 5.56 Å². The lowest BCUT2D eigenvalue weighted by molar-refractivity contribution is 0.414. The predicted octanol–water partition coefficient (Wildman–Crippen LogP) is 4.59. The monoisotopic (exact) mass is 298 g/mol. The Labute approximate surface area is 130 Å². The molecule has 1 aromatic heterocycles. The van der Waals surface area contributed by atoms with E-state index < -0.39 is 0 Å². The Hall–Kier alpha value is -1.77. The summed E-state index contributed by atoms with van der Waals surface area (Å²) in [7, 11) is 4.21. The van der Waals surface area contributed by atoms with Crippen molar-refractivity contribution in [3.05, 3.63) is 59.2 Å². The molecule has 0 atom stereocenters. The van der Waals surface area contributed by atoms with Crippen molar-refractivity contribution in [2.24, 2.45) is 0 Å². The molecule has 3 aromatic rings. The van der Waals surface area contributed by atoms with E-state index in [4.69, 9.17) is 11.6 Å².